The van der Waals surface area contributed by atoms with Crippen LogP contribution in [0.1, 0.15) is 50.2 Å². The van der Waals surface area contributed by atoms with Crippen molar-refractivity contribution >= 4 is 17.2 Å². The summed E-state index contributed by atoms with van der Waals surface area (Å²) in [5.41, 5.74) is 1.11. The van der Waals surface area contributed by atoms with Crippen LogP contribution in [-0.4, -0.2) is 19.6 Å². The Kier molecular flexibility index (Phi) is 3.77. The maximum atomic E-state index is 12.9. The number of methoxy groups -OCH3 is 1. The second kappa shape index (κ2) is 5.64. The number of thiophene rings is 1. The monoisotopic (exact) mass is 319 g/mol. The summed E-state index contributed by atoms with van der Waals surface area (Å²) in [7, 11) is 1.72. The third kappa shape index (κ3) is 2.50. The molecule has 120 valence electrons. The third-order valence-electron chi connectivity index (χ3n) is 6.17. The SMILES string of the molecule is COC(CNC(=O)C12CC3CC(CC(C3)C1)C2)c1ccsc1. The van der Waals surface area contributed by atoms with E-state index in [4.69, 9.17) is 4.74 Å². The van der Waals surface area contributed by atoms with E-state index in [0.29, 0.717) is 12.5 Å². The number of hydrogen-bond acceptors (Lipinski definition) is 3. The Balaban J connectivity index is 1.42. The van der Waals surface area contributed by atoms with Crippen LogP contribution in [0.5, 0.6) is 0 Å². The Hall–Kier alpha value is -0.870. The molecule has 0 aromatic carbocycles. The molecule has 1 amide bonds. The van der Waals surface area contributed by atoms with Crippen molar-refractivity contribution in [2.24, 2.45) is 23.2 Å². The molecule has 3 nitrogen and oxygen atoms in total. The van der Waals surface area contributed by atoms with Crippen molar-refractivity contribution in [1.82, 2.24) is 5.32 Å². The zero-order valence-corrected chi connectivity index (χ0v) is 14.0. The van der Waals surface area contributed by atoms with Crippen molar-refractivity contribution in [2.75, 3.05) is 13.7 Å². The van der Waals surface area contributed by atoms with Crippen LogP contribution in [-0.2, 0) is 9.53 Å². The number of amides is 1. The van der Waals surface area contributed by atoms with Crippen molar-refractivity contribution in [2.45, 2.75) is 44.6 Å². The van der Waals surface area contributed by atoms with E-state index >= 15 is 0 Å². The second-order valence-electron chi connectivity index (χ2n) is 7.69. The van der Waals surface area contributed by atoms with Gasteiger partial charge >= 0.3 is 0 Å². The maximum Gasteiger partial charge on any atom is 0.226 e. The average molecular weight is 319 g/mol. The van der Waals surface area contributed by atoms with Crippen molar-refractivity contribution in [1.29, 1.82) is 0 Å². The summed E-state index contributed by atoms with van der Waals surface area (Å²) in [6.07, 6.45) is 7.49. The molecule has 4 saturated carbocycles. The van der Waals surface area contributed by atoms with Gasteiger partial charge in [-0.3, -0.25) is 4.79 Å². The molecule has 0 aliphatic heterocycles. The van der Waals surface area contributed by atoms with Crippen LogP contribution in [0.3, 0.4) is 0 Å². The molecule has 0 saturated heterocycles. The lowest BCUT2D eigenvalue weighted by molar-refractivity contribution is -0.146. The number of carbonyl (C=O) groups excluding carboxylic acids is 1. The van der Waals surface area contributed by atoms with Gasteiger partial charge in [0.05, 0.1) is 0 Å². The van der Waals surface area contributed by atoms with Gasteiger partial charge in [-0.25, -0.2) is 0 Å². The molecule has 5 rings (SSSR count). The molecule has 4 bridgehead atoms. The molecule has 4 fully saturated rings. The standard InChI is InChI=1S/C18H25NO2S/c1-21-16(15-2-3-22-11-15)10-19-17(20)18-7-12-4-13(8-18)6-14(5-12)9-18/h2-3,11-14,16H,4-10H2,1H3,(H,19,20). The topological polar surface area (TPSA) is 38.3 Å². The first kappa shape index (κ1) is 14.7. The molecule has 22 heavy (non-hydrogen) atoms. The average Bonchev–Trinajstić information content (AvgIpc) is 3.00. The van der Waals surface area contributed by atoms with Gasteiger partial charge < -0.3 is 10.1 Å². The lowest BCUT2D eigenvalue weighted by atomic mass is 9.49. The molecule has 0 radical (unpaired) electrons. The molecule has 4 aliphatic carbocycles. The highest BCUT2D eigenvalue weighted by atomic mass is 32.1. The van der Waals surface area contributed by atoms with Crippen LogP contribution in [0, 0.1) is 23.2 Å². The molecule has 1 atom stereocenters. The zero-order valence-electron chi connectivity index (χ0n) is 13.2. The first-order chi connectivity index (χ1) is 10.7. The van der Waals surface area contributed by atoms with Crippen LogP contribution in [0.2, 0.25) is 0 Å². The Bertz CT molecular complexity index is 504. The molecule has 4 aliphatic rings. The van der Waals surface area contributed by atoms with Gasteiger partial charge in [-0.1, -0.05) is 0 Å². The summed E-state index contributed by atoms with van der Waals surface area (Å²) in [4.78, 5) is 12.9. The highest BCUT2D eigenvalue weighted by Gasteiger charge is 2.54. The Morgan fingerprint density at radius 1 is 1.32 bits per heavy atom. The van der Waals surface area contributed by atoms with Crippen LogP contribution in [0.15, 0.2) is 16.8 Å². The smallest absolute Gasteiger partial charge is 0.226 e. The minimum atomic E-state index is -0.0539. The van der Waals surface area contributed by atoms with Crippen molar-refractivity contribution in [3.63, 3.8) is 0 Å². The van der Waals surface area contributed by atoms with E-state index < -0.39 is 0 Å². The number of hydrogen-bond donors (Lipinski definition) is 1. The maximum absolute atomic E-state index is 12.9. The van der Waals surface area contributed by atoms with E-state index in [9.17, 15) is 4.79 Å². The number of rotatable bonds is 5. The predicted octanol–water partition coefficient (Wildman–Crippen LogP) is 3.77. The summed E-state index contributed by atoms with van der Waals surface area (Å²) in [5.74, 6) is 2.73. The highest BCUT2D eigenvalue weighted by Crippen LogP contribution is 2.60. The summed E-state index contributed by atoms with van der Waals surface area (Å²) in [5, 5.41) is 7.38. The predicted molar refractivity (Wildman–Crippen MR) is 87.7 cm³/mol. The number of ether oxygens (including phenoxy) is 1. The van der Waals surface area contributed by atoms with Crippen LogP contribution >= 0.6 is 11.3 Å². The Labute approximate surface area is 136 Å². The van der Waals surface area contributed by atoms with E-state index in [1.165, 1.54) is 24.8 Å². The fourth-order valence-corrected chi connectivity index (χ4v) is 6.26. The largest absolute Gasteiger partial charge is 0.375 e. The number of nitrogens with one attached hydrogen (secondary N) is 1. The van der Waals surface area contributed by atoms with Crippen molar-refractivity contribution in [3.05, 3.63) is 22.4 Å². The van der Waals surface area contributed by atoms with Gasteiger partial charge in [-0.15, -0.1) is 0 Å². The Morgan fingerprint density at radius 3 is 2.45 bits per heavy atom. The summed E-state index contributed by atoms with van der Waals surface area (Å²) >= 11 is 1.67. The molecule has 1 aromatic heterocycles. The molecule has 1 aromatic rings. The normalized spacial score (nSPS) is 37.2. The minimum absolute atomic E-state index is 0.0240. The summed E-state index contributed by atoms with van der Waals surface area (Å²) < 4.78 is 5.56. The fourth-order valence-electron chi connectivity index (χ4n) is 5.56. The lowest BCUT2D eigenvalue weighted by Crippen LogP contribution is -2.54. The minimum Gasteiger partial charge on any atom is -0.375 e. The molecular formula is C18H25NO2S. The van der Waals surface area contributed by atoms with Crippen molar-refractivity contribution in [3.8, 4) is 0 Å². The molecule has 1 N–H and O–H groups in total. The Morgan fingerprint density at radius 2 is 1.95 bits per heavy atom. The first-order valence-corrected chi connectivity index (χ1v) is 9.46. The third-order valence-corrected chi connectivity index (χ3v) is 6.87. The summed E-state index contributed by atoms with van der Waals surface area (Å²) in [6.45, 7) is 0.591. The van der Waals surface area contributed by atoms with Gasteiger partial charge in [0.2, 0.25) is 5.91 Å². The van der Waals surface area contributed by atoms with Gasteiger partial charge in [-0.05, 0) is 78.7 Å². The second-order valence-corrected chi connectivity index (χ2v) is 8.47. The van der Waals surface area contributed by atoms with E-state index in [0.717, 1.165) is 37.0 Å². The van der Waals surface area contributed by atoms with Gasteiger partial charge in [0.15, 0.2) is 0 Å². The highest BCUT2D eigenvalue weighted by molar-refractivity contribution is 7.07. The van der Waals surface area contributed by atoms with E-state index in [-0.39, 0.29) is 11.5 Å². The van der Waals surface area contributed by atoms with Crippen LogP contribution in [0.4, 0.5) is 0 Å². The molecule has 1 unspecified atom stereocenters. The number of carbonyl (C=O) groups is 1. The van der Waals surface area contributed by atoms with E-state index in [2.05, 4.69) is 22.1 Å². The zero-order chi connectivity index (χ0) is 15.2. The van der Waals surface area contributed by atoms with Gasteiger partial charge in [-0.2, -0.15) is 11.3 Å². The molecule has 4 heteroatoms. The summed E-state index contributed by atoms with van der Waals surface area (Å²) in [6, 6.07) is 2.08. The van der Waals surface area contributed by atoms with Gasteiger partial charge in [0, 0.05) is 19.1 Å². The quantitative estimate of drug-likeness (QED) is 0.897. The molecule has 0 spiro atoms. The molecule has 1 heterocycles. The molecular weight excluding hydrogens is 294 g/mol. The van der Waals surface area contributed by atoms with E-state index in [1.54, 1.807) is 18.4 Å². The van der Waals surface area contributed by atoms with E-state index in [1.807, 2.05) is 0 Å². The van der Waals surface area contributed by atoms with Gasteiger partial charge in [0.25, 0.3) is 0 Å². The van der Waals surface area contributed by atoms with Crippen molar-refractivity contribution < 1.29 is 9.53 Å². The first-order valence-electron chi connectivity index (χ1n) is 8.52. The fraction of sp³-hybridized carbons (Fsp3) is 0.722. The van der Waals surface area contributed by atoms with Gasteiger partial charge in [0.1, 0.15) is 6.10 Å². The van der Waals surface area contributed by atoms with Crippen LogP contribution in [0.25, 0.3) is 0 Å². The lowest BCUT2D eigenvalue weighted by Gasteiger charge is -2.55. The van der Waals surface area contributed by atoms with Crippen LogP contribution < -0.4 is 5.32 Å².